The smallest absolute Gasteiger partial charge is 0.323 e. The minimum atomic E-state index is -1.07. The number of ether oxygens (including phenoxy) is 1. The van der Waals surface area contributed by atoms with E-state index in [1.807, 2.05) is 6.92 Å². The average molecular weight is 288 g/mol. The molecule has 20 heavy (non-hydrogen) atoms. The first-order valence-electron chi connectivity index (χ1n) is 6.62. The summed E-state index contributed by atoms with van der Waals surface area (Å²) in [6, 6.07) is -0.747. The van der Waals surface area contributed by atoms with E-state index in [0.29, 0.717) is 13.0 Å². The van der Waals surface area contributed by atoms with Crippen LogP contribution in [0.3, 0.4) is 0 Å². The summed E-state index contributed by atoms with van der Waals surface area (Å²) in [6.45, 7) is 5.28. The number of rotatable bonds is 9. The van der Waals surface area contributed by atoms with Gasteiger partial charge in [0.15, 0.2) is 0 Å². The van der Waals surface area contributed by atoms with Crippen LogP contribution in [0, 0.1) is 5.92 Å². The molecule has 7 nitrogen and oxygen atoms in total. The third-order valence-corrected chi connectivity index (χ3v) is 2.66. The first kappa shape index (κ1) is 18.4. The van der Waals surface area contributed by atoms with Gasteiger partial charge in [-0.15, -0.1) is 0 Å². The van der Waals surface area contributed by atoms with Gasteiger partial charge in [0.2, 0.25) is 11.8 Å². The van der Waals surface area contributed by atoms with Gasteiger partial charge in [-0.05, 0) is 12.3 Å². The van der Waals surface area contributed by atoms with Crippen LogP contribution in [-0.4, -0.2) is 60.6 Å². The van der Waals surface area contributed by atoms with Gasteiger partial charge in [0.25, 0.3) is 0 Å². The lowest BCUT2D eigenvalue weighted by Crippen LogP contribution is -2.53. The summed E-state index contributed by atoms with van der Waals surface area (Å²) < 4.78 is 4.71. The molecule has 7 heteroatoms. The van der Waals surface area contributed by atoms with Crippen molar-refractivity contribution in [1.29, 1.82) is 0 Å². The average Bonchev–Trinajstić information content (AvgIpc) is 2.34. The molecular formula is C13H24N2O5. The van der Waals surface area contributed by atoms with Crippen molar-refractivity contribution in [2.75, 3.05) is 26.8 Å². The normalized spacial score (nSPS) is 12.1. The monoisotopic (exact) mass is 288 g/mol. The summed E-state index contributed by atoms with van der Waals surface area (Å²) in [7, 11) is 1.39. The zero-order chi connectivity index (χ0) is 15.7. The highest BCUT2D eigenvalue weighted by atomic mass is 16.5. The number of amides is 2. The molecule has 2 N–H and O–H groups in total. The van der Waals surface area contributed by atoms with Crippen molar-refractivity contribution in [3.63, 3.8) is 0 Å². The summed E-state index contributed by atoms with van der Waals surface area (Å²) in [5.41, 5.74) is 0. The molecule has 0 heterocycles. The van der Waals surface area contributed by atoms with E-state index < -0.39 is 17.9 Å². The van der Waals surface area contributed by atoms with Crippen LogP contribution in [0.5, 0.6) is 0 Å². The van der Waals surface area contributed by atoms with Crippen molar-refractivity contribution in [3.05, 3.63) is 0 Å². The van der Waals surface area contributed by atoms with Crippen LogP contribution in [0.25, 0.3) is 0 Å². The molecule has 0 aliphatic heterocycles. The van der Waals surface area contributed by atoms with Crippen LogP contribution in [0.4, 0.5) is 0 Å². The fourth-order valence-electron chi connectivity index (χ4n) is 1.76. The van der Waals surface area contributed by atoms with Crippen molar-refractivity contribution in [2.24, 2.45) is 5.92 Å². The Bertz CT molecular complexity index is 344. The van der Waals surface area contributed by atoms with Gasteiger partial charge in [0, 0.05) is 13.7 Å². The number of carboxylic acid groups (broad SMARTS) is 1. The lowest BCUT2D eigenvalue weighted by molar-refractivity contribution is -0.146. The third kappa shape index (κ3) is 6.51. The molecule has 0 aromatic rings. The number of carboxylic acids is 1. The fourth-order valence-corrected chi connectivity index (χ4v) is 1.76. The van der Waals surface area contributed by atoms with E-state index in [-0.39, 0.29) is 25.0 Å². The summed E-state index contributed by atoms with van der Waals surface area (Å²) in [5.74, 6) is -1.99. The van der Waals surface area contributed by atoms with Crippen LogP contribution in [0.15, 0.2) is 0 Å². The number of nitrogens with zero attached hydrogens (tertiary/aromatic N) is 1. The van der Waals surface area contributed by atoms with Crippen LogP contribution in [0.2, 0.25) is 0 Å². The van der Waals surface area contributed by atoms with E-state index in [4.69, 9.17) is 9.84 Å². The Morgan fingerprint density at radius 2 is 1.90 bits per heavy atom. The van der Waals surface area contributed by atoms with Gasteiger partial charge in [-0.25, -0.2) is 0 Å². The number of nitrogens with one attached hydrogen (secondary N) is 1. The van der Waals surface area contributed by atoms with Gasteiger partial charge in [0.05, 0.1) is 0 Å². The Morgan fingerprint density at radius 3 is 2.30 bits per heavy atom. The molecule has 0 aromatic heterocycles. The van der Waals surface area contributed by atoms with Gasteiger partial charge in [-0.2, -0.15) is 0 Å². The van der Waals surface area contributed by atoms with Gasteiger partial charge in [-0.3, -0.25) is 14.4 Å². The Morgan fingerprint density at radius 1 is 1.30 bits per heavy atom. The Labute approximate surface area is 119 Å². The molecular weight excluding hydrogens is 264 g/mol. The highest BCUT2D eigenvalue weighted by molar-refractivity contribution is 5.90. The van der Waals surface area contributed by atoms with Gasteiger partial charge in [-0.1, -0.05) is 20.8 Å². The maximum atomic E-state index is 12.4. The number of carbonyl (C=O) groups is 3. The second-order valence-corrected chi connectivity index (χ2v) is 4.88. The van der Waals surface area contributed by atoms with Crippen LogP contribution in [-0.2, 0) is 19.1 Å². The largest absolute Gasteiger partial charge is 0.480 e. The fraction of sp³-hybridized carbons (Fsp3) is 0.769. The van der Waals surface area contributed by atoms with Crippen LogP contribution < -0.4 is 5.32 Å². The Balaban J connectivity index is 4.89. The highest BCUT2D eigenvalue weighted by Crippen LogP contribution is 2.07. The van der Waals surface area contributed by atoms with E-state index in [9.17, 15) is 14.4 Å². The molecule has 1 atom stereocenters. The molecule has 116 valence electrons. The molecule has 0 bridgehead atoms. The third-order valence-electron chi connectivity index (χ3n) is 2.66. The maximum absolute atomic E-state index is 12.4. The van der Waals surface area contributed by atoms with Gasteiger partial charge < -0.3 is 20.1 Å². The van der Waals surface area contributed by atoms with Gasteiger partial charge in [0.1, 0.15) is 19.2 Å². The van der Waals surface area contributed by atoms with Crippen LogP contribution in [0.1, 0.15) is 27.2 Å². The van der Waals surface area contributed by atoms with E-state index in [1.54, 1.807) is 13.8 Å². The maximum Gasteiger partial charge on any atom is 0.323 e. The van der Waals surface area contributed by atoms with Crippen LogP contribution >= 0.6 is 0 Å². The molecule has 0 unspecified atom stereocenters. The molecule has 0 saturated heterocycles. The molecule has 0 radical (unpaired) electrons. The summed E-state index contributed by atoms with van der Waals surface area (Å²) in [5, 5.41) is 11.4. The first-order valence-corrected chi connectivity index (χ1v) is 6.62. The van der Waals surface area contributed by atoms with Crippen molar-refractivity contribution < 1.29 is 24.2 Å². The van der Waals surface area contributed by atoms with E-state index >= 15 is 0 Å². The predicted molar refractivity (Wildman–Crippen MR) is 73.2 cm³/mol. The summed E-state index contributed by atoms with van der Waals surface area (Å²) >= 11 is 0. The summed E-state index contributed by atoms with van der Waals surface area (Å²) in [4.78, 5) is 36.0. The molecule has 0 spiro atoms. The first-order chi connectivity index (χ1) is 9.33. The molecule has 0 aromatic carbocycles. The van der Waals surface area contributed by atoms with Crippen molar-refractivity contribution in [3.8, 4) is 0 Å². The quantitative estimate of drug-likeness (QED) is 0.627. The second kappa shape index (κ2) is 9.30. The zero-order valence-corrected chi connectivity index (χ0v) is 12.5. The second-order valence-electron chi connectivity index (χ2n) is 4.88. The standard InChI is InChI=1S/C13H24N2O5/c1-5-6-15(7-11(17)18)13(19)12(9(2)3)14-10(16)8-20-4/h9,12H,5-8H2,1-4H3,(H,14,16)(H,17,18)/t12-/m0/s1. The molecule has 0 saturated carbocycles. The lowest BCUT2D eigenvalue weighted by atomic mass is 10.0. The predicted octanol–water partition coefficient (Wildman–Crippen LogP) is 0.0968. The number of hydrogen-bond acceptors (Lipinski definition) is 4. The Kier molecular flexibility index (Phi) is 8.54. The number of hydrogen-bond donors (Lipinski definition) is 2. The van der Waals surface area contributed by atoms with Crippen molar-refractivity contribution in [1.82, 2.24) is 10.2 Å². The molecule has 0 aliphatic rings. The van der Waals surface area contributed by atoms with Crippen molar-refractivity contribution >= 4 is 17.8 Å². The Hall–Kier alpha value is -1.63. The molecule has 0 rings (SSSR count). The summed E-state index contributed by atoms with van der Waals surface area (Å²) in [6.07, 6.45) is 0.649. The molecule has 0 aliphatic carbocycles. The molecule has 2 amide bonds. The topological polar surface area (TPSA) is 95.9 Å². The zero-order valence-electron chi connectivity index (χ0n) is 12.5. The van der Waals surface area contributed by atoms with E-state index in [1.165, 1.54) is 12.0 Å². The minimum Gasteiger partial charge on any atom is -0.480 e. The number of aliphatic carboxylic acids is 1. The SMILES string of the molecule is CCCN(CC(=O)O)C(=O)[C@@H](NC(=O)COC)C(C)C. The minimum absolute atomic E-state index is 0.136. The number of methoxy groups -OCH3 is 1. The molecule has 0 fully saturated rings. The van der Waals surface area contributed by atoms with Gasteiger partial charge >= 0.3 is 5.97 Å². The van der Waals surface area contributed by atoms with Crippen molar-refractivity contribution in [2.45, 2.75) is 33.2 Å². The lowest BCUT2D eigenvalue weighted by Gasteiger charge is -2.28. The van der Waals surface area contributed by atoms with E-state index in [2.05, 4.69) is 5.32 Å². The highest BCUT2D eigenvalue weighted by Gasteiger charge is 2.29. The van der Waals surface area contributed by atoms with E-state index in [0.717, 1.165) is 0 Å². The number of carbonyl (C=O) groups excluding carboxylic acids is 2.